The Balaban J connectivity index is 2.24. The van der Waals surface area contributed by atoms with E-state index in [-0.39, 0.29) is 21.6 Å². The molecule has 2 rings (SSSR count). The van der Waals surface area contributed by atoms with Crippen molar-refractivity contribution in [1.82, 2.24) is 19.5 Å². The Labute approximate surface area is 123 Å². The number of anilines is 1. The van der Waals surface area contributed by atoms with Crippen LogP contribution < -0.4 is 10.5 Å². The van der Waals surface area contributed by atoms with Crippen molar-refractivity contribution in [1.29, 1.82) is 0 Å². The van der Waals surface area contributed by atoms with Crippen molar-refractivity contribution >= 4 is 31.6 Å². The lowest BCUT2D eigenvalue weighted by molar-refractivity contribution is 0.577. The number of hydrogen-bond donors (Lipinski definition) is 2. The van der Waals surface area contributed by atoms with Crippen molar-refractivity contribution in [2.24, 2.45) is 7.05 Å². The highest BCUT2D eigenvalue weighted by molar-refractivity contribution is 9.10. The van der Waals surface area contributed by atoms with E-state index in [2.05, 4.69) is 30.7 Å². The number of nitrogens with two attached hydrogens (primary N) is 1. The summed E-state index contributed by atoms with van der Waals surface area (Å²) in [6, 6.07) is 2.05. The van der Waals surface area contributed by atoms with Gasteiger partial charge in [-0.1, -0.05) is 0 Å². The first kappa shape index (κ1) is 14.9. The van der Waals surface area contributed by atoms with Crippen molar-refractivity contribution in [2.45, 2.75) is 11.4 Å². The monoisotopic (exact) mass is 363 g/mol. The maximum atomic E-state index is 13.2. The maximum Gasteiger partial charge on any atom is 0.242 e. The molecule has 0 saturated heterocycles. The van der Waals surface area contributed by atoms with Crippen LogP contribution in [0.4, 0.5) is 10.1 Å². The van der Waals surface area contributed by atoms with Gasteiger partial charge in [0.2, 0.25) is 10.0 Å². The lowest BCUT2D eigenvalue weighted by Gasteiger charge is -2.08. The van der Waals surface area contributed by atoms with Gasteiger partial charge in [-0.05, 0) is 28.1 Å². The van der Waals surface area contributed by atoms with Crippen LogP contribution in [0.15, 0.2) is 27.8 Å². The Morgan fingerprint density at radius 2 is 2.20 bits per heavy atom. The highest BCUT2D eigenvalue weighted by Gasteiger charge is 2.20. The fraction of sp³-hybridized carbons (Fsp3) is 0.200. The first-order valence-electron chi connectivity index (χ1n) is 5.38. The van der Waals surface area contributed by atoms with Crippen LogP contribution >= 0.6 is 15.9 Å². The normalized spacial score (nSPS) is 11.8. The number of sulfonamides is 1. The van der Waals surface area contributed by atoms with E-state index in [0.29, 0.717) is 5.82 Å². The van der Waals surface area contributed by atoms with Gasteiger partial charge in [0.05, 0.1) is 17.1 Å². The minimum Gasteiger partial charge on any atom is -0.396 e. The zero-order valence-electron chi connectivity index (χ0n) is 10.3. The Morgan fingerprint density at radius 3 is 2.80 bits per heavy atom. The fourth-order valence-corrected chi connectivity index (χ4v) is 3.48. The summed E-state index contributed by atoms with van der Waals surface area (Å²) in [4.78, 5) is 3.75. The molecule has 2 aromatic rings. The van der Waals surface area contributed by atoms with Crippen LogP contribution in [0, 0.1) is 5.82 Å². The Kier molecular flexibility index (Phi) is 4.06. The van der Waals surface area contributed by atoms with Crippen LogP contribution in [0.25, 0.3) is 0 Å². The molecule has 0 fully saturated rings. The van der Waals surface area contributed by atoms with Gasteiger partial charge >= 0.3 is 0 Å². The van der Waals surface area contributed by atoms with Crippen molar-refractivity contribution in [3.63, 3.8) is 0 Å². The second-order valence-electron chi connectivity index (χ2n) is 3.96. The third-order valence-electron chi connectivity index (χ3n) is 2.41. The SMILES string of the molecule is Cn1cnc(CNS(=O)(=O)c2cc(N)c(F)cc2Br)n1. The number of aryl methyl sites for hydroxylation is 1. The summed E-state index contributed by atoms with van der Waals surface area (Å²) >= 11 is 3.00. The number of aromatic nitrogens is 3. The van der Waals surface area contributed by atoms with Gasteiger partial charge in [-0.25, -0.2) is 22.5 Å². The van der Waals surface area contributed by atoms with Crippen LogP contribution in [-0.2, 0) is 23.6 Å². The van der Waals surface area contributed by atoms with E-state index in [4.69, 9.17) is 5.73 Å². The molecule has 108 valence electrons. The molecule has 3 N–H and O–H groups in total. The fourth-order valence-electron chi connectivity index (χ4n) is 1.45. The molecule has 0 radical (unpaired) electrons. The first-order chi connectivity index (χ1) is 9.29. The summed E-state index contributed by atoms with van der Waals surface area (Å²) < 4.78 is 41.3. The van der Waals surface area contributed by atoms with E-state index >= 15 is 0 Å². The van der Waals surface area contributed by atoms with E-state index in [1.165, 1.54) is 11.0 Å². The summed E-state index contributed by atoms with van der Waals surface area (Å²) in [5.41, 5.74) is 5.13. The van der Waals surface area contributed by atoms with Gasteiger partial charge in [0, 0.05) is 11.5 Å². The van der Waals surface area contributed by atoms with Crippen LogP contribution in [-0.4, -0.2) is 23.2 Å². The van der Waals surface area contributed by atoms with Crippen LogP contribution in [0.3, 0.4) is 0 Å². The molecule has 0 aliphatic carbocycles. The summed E-state index contributed by atoms with van der Waals surface area (Å²) in [6.07, 6.45) is 1.45. The van der Waals surface area contributed by atoms with Crippen molar-refractivity contribution in [2.75, 3.05) is 5.73 Å². The maximum absolute atomic E-state index is 13.2. The van der Waals surface area contributed by atoms with E-state index in [1.54, 1.807) is 7.05 Å². The predicted octanol–water partition coefficient (Wildman–Crippen LogP) is 0.777. The van der Waals surface area contributed by atoms with Gasteiger partial charge in [0.1, 0.15) is 12.1 Å². The number of halogens is 2. The second-order valence-corrected chi connectivity index (χ2v) is 6.55. The minimum absolute atomic E-state index is 0.0765. The molecule has 20 heavy (non-hydrogen) atoms. The number of rotatable bonds is 4. The lowest BCUT2D eigenvalue weighted by atomic mass is 10.3. The Morgan fingerprint density at radius 1 is 1.50 bits per heavy atom. The summed E-state index contributed by atoms with van der Waals surface area (Å²) in [6.45, 7) is -0.0765. The molecule has 10 heteroatoms. The molecular formula is C10H11BrFN5O2S. The smallest absolute Gasteiger partial charge is 0.242 e. The molecule has 0 aliphatic rings. The molecule has 0 amide bonds. The molecule has 0 atom stereocenters. The first-order valence-corrected chi connectivity index (χ1v) is 7.66. The summed E-state index contributed by atoms with van der Waals surface area (Å²) in [5.74, 6) is -0.371. The Bertz CT molecular complexity index is 746. The Hall–Kier alpha value is -1.52. The molecular weight excluding hydrogens is 353 g/mol. The van der Waals surface area contributed by atoms with Crippen molar-refractivity contribution in [3.8, 4) is 0 Å². The number of hydrogen-bond acceptors (Lipinski definition) is 5. The van der Waals surface area contributed by atoms with Crippen LogP contribution in [0.1, 0.15) is 5.82 Å². The third kappa shape index (κ3) is 3.14. The molecule has 0 saturated carbocycles. The zero-order chi connectivity index (χ0) is 14.9. The van der Waals surface area contributed by atoms with Gasteiger partial charge < -0.3 is 5.73 Å². The summed E-state index contributed by atoms with van der Waals surface area (Å²) in [7, 11) is -2.18. The average Bonchev–Trinajstić information content (AvgIpc) is 2.77. The quantitative estimate of drug-likeness (QED) is 0.781. The molecule has 7 nitrogen and oxygen atoms in total. The highest BCUT2D eigenvalue weighted by Crippen LogP contribution is 2.26. The lowest BCUT2D eigenvalue weighted by Crippen LogP contribution is -2.24. The van der Waals surface area contributed by atoms with E-state index in [9.17, 15) is 12.8 Å². The highest BCUT2D eigenvalue weighted by atomic mass is 79.9. The number of nitrogens with zero attached hydrogens (tertiary/aromatic N) is 3. The van der Waals surface area contributed by atoms with Gasteiger partial charge in [0.15, 0.2) is 5.82 Å². The largest absolute Gasteiger partial charge is 0.396 e. The molecule has 1 aromatic carbocycles. The number of nitrogens with one attached hydrogen (secondary N) is 1. The van der Waals surface area contributed by atoms with Gasteiger partial charge in [-0.15, -0.1) is 0 Å². The van der Waals surface area contributed by atoms with Crippen LogP contribution in [0.5, 0.6) is 0 Å². The van der Waals surface area contributed by atoms with Crippen molar-refractivity contribution < 1.29 is 12.8 Å². The van der Waals surface area contributed by atoms with Gasteiger partial charge in [-0.2, -0.15) is 5.10 Å². The van der Waals surface area contributed by atoms with Crippen molar-refractivity contribution in [3.05, 3.63) is 34.6 Å². The number of nitrogen functional groups attached to an aromatic ring is 1. The molecule has 0 bridgehead atoms. The predicted molar refractivity (Wildman–Crippen MR) is 73.5 cm³/mol. The molecule has 1 heterocycles. The average molecular weight is 364 g/mol. The summed E-state index contributed by atoms with van der Waals surface area (Å²) in [5, 5.41) is 3.94. The minimum atomic E-state index is -3.85. The van der Waals surface area contributed by atoms with E-state index < -0.39 is 15.8 Å². The topological polar surface area (TPSA) is 103 Å². The molecule has 0 spiro atoms. The van der Waals surface area contributed by atoms with E-state index in [1.807, 2.05) is 0 Å². The van der Waals surface area contributed by atoms with E-state index in [0.717, 1.165) is 12.1 Å². The standard InChI is InChI=1S/C10H11BrFN5O2S/c1-17-5-14-10(16-17)4-15-20(18,19)9-3-8(13)7(12)2-6(9)11/h2-3,5,15H,4,13H2,1H3. The van der Waals surface area contributed by atoms with Gasteiger partial charge in [0.25, 0.3) is 0 Å². The molecule has 0 aliphatic heterocycles. The number of benzene rings is 1. The van der Waals surface area contributed by atoms with Gasteiger partial charge in [-0.3, -0.25) is 4.68 Å². The third-order valence-corrected chi connectivity index (χ3v) is 4.77. The second kappa shape index (κ2) is 5.46. The van der Waals surface area contributed by atoms with Crippen LogP contribution in [0.2, 0.25) is 0 Å². The zero-order valence-corrected chi connectivity index (χ0v) is 12.7. The molecule has 1 aromatic heterocycles. The molecule has 0 unspecified atom stereocenters.